The average molecular weight is 264 g/mol. The number of nitrogens with zero attached hydrogens (tertiary/aromatic N) is 2. The zero-order valence-electron chi connectivity index (χ0n) is 12.1. The SMILES string of the molecule is CCOc1cc(NC2CCC(NC)CC2)nc(C)n1. The summed E-state index contributed by atoms with van der Waals surface area (Å²) in [6.45, 7) is 4.48. The molecular weight excluding hydrogens is 240 g/mol. The van der Waals surface area contributed by atoms with Gasteiger partial charge in [0.2, 0.25) is 5.88 Å². The third-order valence-corrected chi connectivity index (χ3v) is 3.59. The van der Waals surface area contributed by atoms with Crippen molar-refractivity contribution in [2.45, 2.75) is 51.6 Å². The van der Waals surface area contributed by atoms with Crippen LogP contribution in [0.5, 0.6) is 5.88 Å². The van der Waals surface area contributed by atoms with Gasteiger partial charge in [-0.25, -0.2) is 4.98 Å². The molecule has 0 aliphatic heterocycles. The Morgan fingerprint density at radius 2 is 1.89 bits per heavy atom. The molecule has 0 spiro atoms. The fraction of sp³-hybridized carbons (Fsp3) is 0.714. The predicted octanol–water partition coefficient (Wildman–Crippen LogP) is 2.13. The smallest absolute Gasteiger partial charge is 0.218 e. The van der Waals surface area contributed by atoms with Crippen LogP contribution in [-0.4, -0.2) is 35.7 Å². The van der Waals surface area contributed by atoms with Gasteiger partial charge < -0.3 is 15.4 Å². The number of ether oxygens (including phenoxy) is 1. The maximum Gasteiger partial charge on any atom is 0.218 e. The summed E-state index contributed by atoms with van der Waals surface area (Å²) in [7, 11) is 2.04. The molecule has 0 unspecified atom stereocenters. The fourth-order valence-electron chi connectivity index (χ4n) is 2.57. The predicted molar refractivity (Wildman–Crippen MR) is 76.7 cm³/mol. The molecule has 0 aromatic carbocycles. The van der Waals surface area contributed by atoms with Crippen LogP contribution in [0.2, 0.25) is 0 Å². The van der Waals surface area contributed by atoms with Gasteiger partial charge in [0.25, 0.3) is 0 Å². The van der Waals surface area contributed by atoms with Crippen LogP contribution < -0.4 is 15.4 Å². The Labute approximate surface area is 115 Å². The Bertz CT molecular complexity index is 402. The van der Waals surface area contributed by atoms with Gasteiger partial charge in [0.15, 0.2) is 0 Å². The molecule has 0 amide bonds. The highest BCUT2D eigenvalue weighted by Gasteiger charge is 2.20. The normalized spacial score (nSPS) is 23.1. The summed E-state index contributed by atoms with van der Waals surface area (Å²) >= 11 is 0. The summed E-state index contributed by atoms with van der Waals surface area (Å²) in [5, 5.41) is 6.86. The van der Waals surface area contributed by atoms with Gasteiger partial charge in [0, 0.05) is 18.2 Å². The van der Waals surface area contributed by atoms with Gasteiger partial charge in [-0.2, -0.15) is 4.98 Å². The van der Waals surface area contributed by atoms with Crippen LogP contribution in [0.3, 0.4) is 0 Å². The Morgan fingerprint density at radius 1 is 1.21 bits per heavy atom. The molecule has 0 bridgehead atoms. The second-order valence-corrected chi connectivity index (χ2v) is 5.05. The monoisotopic (exact) mass is 264 g/mol. The summed E-state index contributed by atoms with van der Waals surface area (Å²) < 4.78 is 5.45. The highest BCUT2D eigenvalue weighted by molar-refractivity contribution is 5.39. The van der Waals surface area contributed by atoms with Crippen LogP contribution in [0.1, 0.15) is 38.4 Å². The lowest BCUT2D eigenvalue weighted by Gasteiger charge is -2.29. The molecule has 1 heterocycles. The van der Waals surface area contributed by atoms with Gasteiger partial charge in [-0.15, -0.1) is 0 Å². The number of hydrogen-bond donors (Lipinski definition) is 2. The molecule has 1 fully saturated rings. The van der Waals surface area contributed by atoms with Gasteiger partial charge >= 0.3 is 0 Å². The van der Waals surface area contributed by atoms with E-state index < -0.39 is 0 Å². The van der Waals surface area contributed by atoms with Gasteiger partial charge in [-0.1, -0.05) is 0 Å². The van der Waals surface area contributed by atoms with Crippen LogP contribution in [0, 0.1) is 6.92 Å². The van der Waals surface area contributed by atoms with Crippen molar-refractivity contribution in [3.05, 3.63) is 11.9 Å². The molecule has 0 atom stereocenters. The molecule has 5 nitrogen and oxygen atoms in total. The molecule has 2 N–H and O–H groups in total. The van der Waals surface area contributed by atoms with Crippen molar-refractivity contribution >= 4 is 5.82 Å². The van der Waals surface area contributed by atoms with Crippen molar-refractivity contribution < 1.29 is 4.74 Å². The lowest BCUT2D eigenvalue weighted by atomic mass is 9.91. The highest BCUT2D eigenvalue weighted by Crippen LogP contribution is 2.22. The van der Waals surface area contributed by atoms with E-state index in [0.29, 0.717) is 24.6 Å². The number of rotatable bonds is 5. The maximum absolute atomic E-state index is 5.45. The lowest BCUT2D eigenvalue weighted by molar-refractivity contribution is 0.325. The van der Waals surface area contributed by atoms with Crippen molar-refractivity contribution in [1.29, 1.82) is 0 Å². The minimum Gasteiger partial charge on any atom is -0.478 e. The summed E-state index contributed by atoms with van der Waals surface area (Å²) in [6, 6.07) is 3.07. The Kier molecular flexibility index (Phi) is 4.96. The molecule has 106 valence electrons. The third-order valence-electron chi connectivity index (χ3n) is 3.59. The third kappa shape index (κ3) is 4.06. The molecule has 19 heavy (non-hydrogen) atoms. The zero-order chi connectivity index (χ0) is 13.7. The van der Waals surface area contributed by atoms with E-state index in [9.17, 15) is 0 Å². The Hall–Kier alpha value is -1.36. The van der Waals surface area contributed by atoms with Crippen LogP contribution >= 0.6 is 0 Å². The standard InChI is InChI=1S/C14H24N4O/c1-4-19-14-9-13(16-10(2)17-14)18-12-7-5-11(15-3)6-8-12/h9,11-12,15H,4-8H2,1-3H3,(H,16,17,18). The van der Waals surface area contributed by atoms with Gasteiger partial charge in [-0.05, 0) is 46.6 Å². The minimum atomic E-state index is 0.508. The molecule has 1 saturated carbocycles. The van der Waals surface area contributed by atoms with E-state index in [2.05, 4.69) is 20.6 Å². The van der Waals surface area contributed by atoms with Crippen molar-refractivity contribution in [3.63, 3.8) is 0 Å². The second kappa shape index (κ2) is 6.70. The average Bonchev–Trinajstić information content (AvgIpc) is 2.39. The van der Waals surface area contributed by atoms with Crippen LogP contribution in [0.25, 0.3) is 0 Å². The van der Waals surface area contributed by atoms with Crippen molar-refractivity contribution in [3.8, 4) is 5.88 Å². The molecule has 1 aliphatic carbocycles. The zero-order valence-corrected chi connectivity index (χ0v) is 12.1. The van der Waals surface area contributed by atoms with E-state index in [1.54, 1.807) is 0 Å². The van der Waals surface area contributed by atoms with E-state index >= 15 is 0 Å². The number of aromatic nitrogens is 2. The quantitative estimate of drug-likeness (QED) is 0.853. The van der Waals surface area contributed by atoms with E-state index in [4.69, 9.17) is 4.74 Å². The maximum atomic E-state index is 5.45. The largest absolute Gasteiger partial charge is 0.478 e. The first kappa shape index (κ1) is 14.1. The molecule has 5 heteroatoms. The van der Waals surface area contributed by atoms with Crippen LogP contribution in [-0.2, 0) is 0 Å². The minimum absolute atomic E-state index is 0.508. The molecule has 1 aromatic heterocycles. The molecular formula is C14H24N4O. The number of hydrogen-bond acceptors (Lipinski definition) is 5. The van der Waals surface area contributed by atoms with E-state index in [1.807, 2.05) is 27.0 Å². The Balaban J connectivity index is 1.95. The summed E-state index contributed by atoms with van der Waals surface area (Å²) in [5.74, 6) is 2.28. The molecule has 1 aromatic rings. The topological polar surface area (TPSA) is 59.1 Å². The van der Waals surface area contributed by atoms with Crippen LogP contribution in [0.15, 0.2) is 6.07 Å². The Morgan fingerprint density at radius 3 is 2.53 bits per heavy atom. The molecule has 0 radical (unpaired) electrons. The van der Waals surface area contributed by atoms with Gasteiger partial charge in [0.05, 0.1) is 6.61 Å². The van der Waals surface area contributed by atoms with Crippen molar-refractivity contribution in [2.75, 3.05) is 19.0 Å². The van der Waals surface area contributed by atoms with Crippen LogP contribution in [0.4, 0.5) is 5.82 Å². The summed E-state index contributed by atoms with van der Waals surface area (Å²) in [5.41, 5.74) is 0. The highest BCUT2D eigenvalue weighted by atomic mass is 16.5. The summed E-state index contributed by atoms with van der Waals surface area (Å²) in [6.07, 6.45) is 4.80. The fourth-order valence-corrected chi connectivity index (χ4v) is 2.57. The first-order chi connectivity index (χ1) is 9.21. The molecule has 2 rings (SSSR count). The van der Waals surface area contributed by atoms with E-state index in [1.165, 1.54) is 25.7 Å². The second-order valence-electron chi connectivity index (χ2n) is 5.05. The number of nitrogens with one attached hydrogen (secondary N) is 2. The number of aryl methyl sites for hydroxylation is 1. The van der Waals surface area contributed by atoms with Gasteiger partial charge in [0.1, 0.15) is 11.6 Å². The number of anilines is 1. The first-order valence-electron chi connectivity index (χ1n) is 7.13. The van der Waals surface area contributed by atoms with Gasteiger partial charge in [-0.3, -0.25) is 0 Å². The summed E-state index contributed by atoms with van der Waals surface area (Å²) in [4.78, 5) is 8.69. The first-order valence-corrected chi connectivity index (χ1v) is 7.13. The van der Waals surface area contributed by atoms with E-state index in [-0.39, 0.29) is 0 Å². The molecule has 1 aliphatic rings. The lowest BCUT2D eigenvalue weighted by Crippen LogP contribution is -2.35. The van der Waals surface area contributed by atoms with Crippen molar-refractivity contribution in [2.24, 2.45) is 0 Å². The van der Waals surface area contributed by atoms with Crippen molar-refractivity contribution in [1.82, 2.24) is 15.3 Å². The molecule has 0 saturated heterocycles. The van der Waals surface area contributed by atoms with E-state index in [0.717, 1.165) is 11.6 Å².